The number of carbonyl (C=O) groups is 2. The van der Waals surface area contributed by atoms with Crippen molar-refractivity contribution in [2.75, 3.05) is 10.6 Å². The molecule has 1 aromatic heterocycles. The SMILES string of the molecule is CC(=O)Nc1ccc(NC(=O)c2ccc3ccccc3n2)c(C(F)(F)F)c1. The second-order valence-corrected chi connectivity index (χ2v) is 5.78. The maximum atomic E-state index is 13.3. The van der Waals surface area contributed by atoms with Gasteiger partial charge in [0.15, 0.2) is 0 Å². The van der Waals surface area contributed by atoms with Gasteiger partial charge in [-0.15, -0.1) is 0 Å². The van der Waals surface area contributed by atoms with Crippen LogP contribution < -0.4 is 10.6 Å². The molecular formula is C19H14F3N3O2. The number of hydrogen-bond donors (Lipinski definition) is 2. The van der Waals surface area contributed by atoms with E-state index in [0.29, 0.717) is 5.52 Å². The van der Waals surface area contributed by atoms with Gasteiger partial charge in [0, 0.05) is 18.0 Å². The first-order valence-electron chi connectivity index (χ1n) is 7.90. The van der Waals surface area contributed by atoms with E-state index in [1.807, 2.05) is 12.1 Å². The molecule has 0 aliphatic rings. The third-order valence-electron chi connectivity index (χ3n) is 3.72. The Morgan fingerprint density at radius 1 is 0.963 bits per heavy atom. The maximum absolute atomic E-state index is 13.3. The average molecular weight is 373 g/mol. The van der Waals surface area contributed by atoms with Crippen molar-refractivity contribution in [1.82, 2.24) is 4.98 Å². The number of para-hydroxylation sites is 1. The third-order valence-corrected chi connectivity index (χ3v) is 3.72. The van der Waals surface area contributed by atoms with Crippen LogP contribution in [0.3, 0.4) is 0 Å². The van der Waals surface area contributed by atoms with Gasteiger partial charge in [-0.05, 0) is 30.3 Å². The number of benzene rings is 2. The average Bonchev–Trinajstić information content (AvgIpc) is 2.61. The van der Waals surface area contributed by atoms with Gasteiger partial charge in [0.25, 0.3) is 5.91 Å². The minimum absolute atomic E-state index is 0.00670. The van der Waals surface area contributed by atoms with Crippen LogP contribution in [0, 0.1) is 0 Å². The van der Waals surface area contributed by atoms with E-state index in [0.717, 1.165) is 17.5 Å². The molecule has 3 rings (SSSR count). The summed E-state index contributed by atoms with van der Waals surface area (Å²) in [7, 11) is 0. The number of nitrogens with zero attached hydrogens (tertiary/aromatic N) is 1. The number of carbonyl (C=O) groups excluding carboxylic acids is 2. The predicted molar refractivity (Wildman–Crippen MR) is 95.4 cm³/mol. The Hall–Kier alpha value is -3.42. The number of halogens is 3. The van der Waals surface area contributed by atoms with Crippen molar-refractivity contribution < 1.29 is 22.8 Å². The Bertz CT molecular complexity index is 1030. The van der Waals surface area contributed by atoms with Crippen LogP contribution >= 0.6 is 0 Å². The quantitative estimate of drug-likeness (QED) is 0.712. The van der Waals surface area contributed by atoms with Gasteiger partial charge in [0.1, 0.15) is 5.69 Å². The second-order valence-electron chi connectivity index (χ2n) is 5.78. The largest absolute Gasteiger partial charge is 0.418 e. The van der Waals surface area contributed by atoms with E-state index < -0.39 is 29.2 Å². The summed E-state index contributed by atoms with van der Waals surface area (Å²) in [6.45, 7) is 1.19. The first-order valence-corrected chi connectivity index (χ1v) is 7.90. The lowest BCUT2D eigenvalue weighted by Gasteiger charge is -2.15. The molecule has 2 N–H and O–H groups in total. The third kappa shape index (κ3) is 4.22. The van der Waals surface area contributed by atoms with E-state index in [4.69, 9.17) is 0 Å². The first-order chi connectivity index (χ1) is 12.7. The summed E-state index contributed by atoms with van der Waals surface area (Å²) in [5.74, 6) is -1.26. The molecule has 2 aromatic carbocycles. The number of amides is 2. The Morgan fingerprint density at radius 3 is 2.41 bits per heavy atom. The van der Waals surface area contributed by atoms with Crippen molar-refractivity contribution in [1.29, 1.82) is 0 Å². The zero-order valence-corrected chi connectivity index (χ0v) is 14.1. The van der Waals surface area contributed by atoms with E-state index in [9.17, 15) is 22.8 Å². The highest BCUT2D eigenvalue weighted by Crippen LogP contribution is 2.36. The van der Waals surface area contributed by atoms with Gasteiger partial charge in [0.05, 0.1) is 16.8 Å². The van der Waals surface area contributed by atoms with Gasteiger partial charge in [0.2, 0.25) is 5.91 Å². The van der Waals surface area contributed by atoms with Crippen LogP contribution in [0.2, 0.25) is 0 Å². The fraction of sp³-hybridized carbons (Fsp3) is 0.105. The molecule has 138 valence electrons. The van der Waals surface area contributed by atoms with Gasteiger partial charge < -0.3 is 10.6 Å². The molecule has 0 saturated carbocycles. The van der Waals surface area contributed by atoms with Crippen molar-refractivity contribution in [3.8, 4) is 0 Å². The van der Waals surface area contributed by atoms with Crippen LogP contribution in [0.15, 0.2) is 54.6 Å². The van der Waals surface area contributed by atoms with E-state index in [1.54, 1.807) is 18.2 Å². The van der Waals surface area contributed by atoms with Crippen LogP contribution in [0.1, 0.15) is 23.0 Å². The summed E-state index contributed by atoms with van der Waals surface area (Å²) in [6, 6.07) is 13.3. The smallest absolute Gasteiger partial charge is 0.326 e. The lowest BCUT2D eigenvalue weighted by molar-refractivity contribution is -0.137. The Labute approximate surface area is 152 Å². The lowest BCUT2D eigenvalue weighted by atomic mass is 10.1. The molecule has 1 heterocycles. The number of pyridine rings is 1. The van der Waals surface area contributed by atoms with E-state index in [-0.39, 0.29) is 11.4 Å². The van der Waals surface area contributed by atoms with Crippen molar-refractivity contribution in [2.45, 2.75) is 13.1 Å². The monoisotopic (exact) mass is 373 g/mol. The summed E-state index contributed by atoms with van der Waals surface area (Å²) in [6.07, 6.45) is -4.71. The van der Waals surface area contributed by atoms with Crippen LogP contribution in [-0.4, -0.2) is 16.8 Å². The molecule has 0 saturated heterocycles. The number of fused-ring (bicyclic) bond motifs is 1. The van der Waals surface area contributed by atoms with Crippen molar-refractivity contribution in [3.05, 3.63) is 65.9 Å². The summed E-state index contributed by atoms with van der Waals surface area (Å²) >= 11 is 0. The number of alkyl halides is 3. The summed E-state index contributed by atoms with van der Waals surface area (Å²) in [5.41, 5.74) is -0.953. The minimum atomic E-state index is -4.71. The van der Waals surface area contributed by atoms with Crippen molar-refractivity contribution >= 4 is 34.1 Å². The number of hydrogen-bond acceptors (Lipinski definition) is 3. The minimum Gasteiger partial charge on any atom is -0.326 e. The number of anilines is 2. The van der Waals surface area contributed by atoms with Gasteiger partial charge in [-0.1, -0.05) is 24.3 Å². The maximum Gasteiger partial charge on any atom is 0.418 e. The molecule has 8 heteroatoms. The normalized spacial score (nSPS) is 11.3. The summed E-state index contributed by atoms with van der Waals surface area (Å²) < 4.78 is 40.0. The Morgan fingerprint density at radius 2 is 1.70 bits per heavy atom. The molecule has 27 heavy (non-hydrogen) atoms. The number of rotatable bonds is 3. The van der Waals surface area contributed by atoms with E-state index >= 15 is 0 Å². The number of aromatic nitrogens is 1. The second kappa shape index (κ2) is 7.06. The highest BCUT2D eigenvalue weighted by atomic mass is 19.4. The molecule has 2 amide bonds. The topological polar surface area (TPSA) is 71.1 Å². The molecule has 0 aliphatic carbocycles. The highest BCUT2D eigenvalue weighted by molar-refractivity contribution is 6.04. The van der Waals surface area contributed by atoms with Crippen LogP contribution in [-0.2, 0) is 11.0 Å². The fourth-order valence-electron chi connectivity index (χ4n) is 2.55. The molecular weight excluding hydrogens is 359 g/mol. The molecule has 0 aliphatic heterocycles. The van der Waals surface area contributed by atoms with Gasteiger partial charge in [-0.2, -0.15) is 13.2 Å². The zero-order valence-electron chi connectivity index (χ0n) is 14.1. The van der Waals surface area contributed by atoms with Crippen LogP contribution in [0.5, 0.6) is 0 Å². The molecule has 0 spiro atoms. The summed E-state index contributed by atoms with van der Waals surface area (Å²) in [5, 5.41) is 5.34. The lowest BCUT2D eigenvalue weighted by Crippen LogP contribution is -2.18. The van der Waals surface area contributed by atoms with Gasteiger partial charge in [-0.3, -0.25) is 9.59 Å². The molecule has 0 fully saturated rings. The van der Waals surface area contributed by atoms with Crippen molar-refractivity contribution in [2.24, 2.45) is 0 Å². The molecule has 5 nitrogen and oxygen atoms in total. The van der Waals surface area contributed by atoms with Gasteiger partial charge in [-0.25, -0.2) is 4.98 Å². The van der Waals surface area contributed by atoms with Gasteiger partial charge >= 0.3 is 6.18 Å². The van der Waals surface area contributed by atoms with Crippen LogP contribution in [0.4, 0.5) is 24.5 Å². The van der Waals surface area contributed by atoms with E-state index in [2.05, 4.69) is 15.6 Å². The van der Waals surface area contributed by atoms with Crippen LogP contribution in [0.25, 0.3) is 10.9 Å². The molecule has 0 atom stereocenters. The predicted octanol–water partition coefficient (Wildman–Crippen LogP) is 4.46. The Kier molecular flexibility index (Phi) is 4.81. The van der Waals surface area contributed by atoms with Crippen molar-refractivity contribution in [3.63, 3.8) is 0 Å². The molecule has 0 bridgehead atoms. The highest BCUT2D eigenvalue weighted by Gasteiger charge is 2.34. The molecule has 0 radical (unpaired) electrons. The number of nitrogens with one attached hydrogen (secondary N) is 2. The van der Waals surface area contributed by atoms with E-state index in [1.165, 1.54) is 19.1 Å². The summed E-state index contributed by atoms with van der Waals surface area (Å²) in [4.78, 5) is 27.6. The Balaban J connectivity index is 1.93. The standard InChI is InChI=1S/C19H14F3N3O2/c1-11(26)23-13-7-9-16(14(10-13)19(20,21)22)25-18(27)17-8-6-12-4-2-3-5-15(12)24-17/h2-10H,1H3,(H,23,26)(H,25,27). The zero-order chi connectivity index (χ0) is 19.6. The fourth-order valence-corrected chi connectivity index (χ4v) is 2.55. The molecule has 3 aromatic rings. The first kappa shape index (κ1) is 18.4. The molecule has 0 unspecified atom stereocenters.